The highest BCUT2D eigenvalue weighted by atomic mass is 32.2. The molecule has 0 aromatic heterocycles. The van der Waals surface area contributed by atoms with Crippen molar-refractivity contribution < 1.29 is 23.1 Å². The lowest BCUT2D eigenvalue weighted by molar-refractivity contribution is -0.142. The van der Waals surface area contributed by atoms with Gasteiger partial charge in [-0.15, -0.1) is 0 Å². The van der Waals surface area contributed by atoms with Crippen LogP contribution >= 0.6 is 0 Å². The van der Waals surface area contributed by atoms with Gasteiger partial charge in [0, 0.05) is 6.54 Å². The zero-order valence-electron chi connectivity index (χ0n) is 14.1. The second kappa shape index (κ2) is 8.63. The smallest absolute Gasteiger partial charge is 0.326 e. The minimum Gasteiger partial charge on any atom is -0.480 e. The monoisotopic (exact) mass is 348 g/mol. The van der Waals surface area contributed by atoms with Crippen LogP contribution in [-0.4, -0.2) is 54.1 Å². The number of amides is 1. The summed E-state index contributed by atoms with van der Waals surface area (Å²) in [5.74, 6) is -1.45. The zero-order chi connectivity index (χ0) is 17.6. The fourth-order valence-electron chi connectivity index (χ4n) is 2.74. The standard InChI is InChI=1S/C15H28N2O5S/c1-4-5-9-23(21,22)17-8-6-7-13(17)14(18)16-12(15(19)20)10-11(2)3/h11-13H,4-10H2,1-3H3,(H,16,18)(H,19,20)/t12-,13?/m1/s1. The molecule has 1 saturated heterocycles. The van der Waals surface area contributed by atoms with E-state index in [4.69, 9.17) is 0 Å². The molecule has 1 amide bonds. The lowest BCUT2D eigenvalue weighted by Crippen LogP contribution is -2.51. The summed E-state index contributed by atoms with van der Waals surface area (Å²) in [6.45, 7) is 5.98. The average molecular weight is 348 g/mol. The number of nitrogens with zero attached hydrogens (tertiary/aromatic N) is 1. The Hall–Kier alpha value is -1.15. The Morgan fingerprint density at radius 3 is 2.52 bits per heavy atom. The summed E-state index contributed by atoms with van der Waals surface area (Å²) in [6, 6.07) is -1.77. The number of unbranched alkanes of at least 4 members (excludes halogenated alkanes) is 1. The maximum absolute atomic E-state index is 12.4. The van der Waals surface area contributed by atoms with Gasteiger partial charge in [-0.1, -0.05) is 27.2 Å². The summed E-state index contributed by atoms with van der Waals surface area (Å²) in [7, 11) is -3.47. The van der Waals surface area contributed by atoms with Gasteiger partial charge in [-0.2, -0.15) is 4.31 Å². The first-order valence-electron chi connectivity index (χ1n) is 8.21. The van der Waals surface area contributed by atoms with E-state index < -0.39 is 34.0 Å². The van der Waals surface area contributed by atoms with Crippen molar-refractivity contribution in [3.8, 4) is 0 Å². The lowest BCUT2D eigenvalue weighted by atomic mass is 10.0. The van der Waals surface area contributed by atoms with E-state index in [9.17, 15) is 23.1 Å². The highest BCUT2D eigenvalue weighted by molar-refractivity contribution is 7.89. The molecule has 2 atom stereocenters. The number of carbonyl (C=O) groups excluding carboxylic acids is 1. The second-order valence-corrected chi connectivity index (χ2v) is 8.51. The maximum Gasteiger partial charge on any atom is 0.326 e. The van der Waals surface area contributed by atoms with Gasteiger partial charge >= 0.3 is 5.97 Å². The Morgan fingerprint density at radius 2 is 2.00 bits per heavy atom. The number of sulfonamides is 1. The minimum absolute atomic E-state index is 0.0294. The third-order valence-corrected chi connectivity index (χ3v) is 5.90. The molecular weight excluding hydrogens is 320 g/mol. The van der Waals surface area contributed by atoms with E-state index in [0.29, 0.717) is 32.2 Å². The van der Waals surface area contributed by atoms with Crippen LogP contribution in [0.4, 0.5) is 0 Å². The van der Waals surface area contributed by atoms with Crippen LogP contribution in [0.15, 0.2) is 0 Å². The molecule has 1 aliphatic heterocycles. The molecule has 8 heteroatoms. The summed E-state index contributed by atoms with van der Waals surface area (Å²) in [6.07, 6.45) is 2.69. The first-order valence-corrected chi connectivity index (χ1v) is 9.82. The van der Waals surface area contributed by atoms with Crippen molar-refractivity contribution in [1.82, 2.24) is 9.62 Å². The number of carboxylic acids is 1. The van der Waals surface area contributed by atoms with Gasteiger partial charge in [-0.3, -0.25) is 4.79 Å². The van der Waals surface area contributed by atoms with Crippen LogP contribution < -0.4 is 5.32 Å². The van der Waals surface area contributed by atoms with Crippen LogP contribution in [0.3, 0.4) is 0 Å². The van der Waals surface area contributed by atoms with E-state index in [-0.39, 0.29) is 11.7 Å². The fraction of sp³-hybridized carbons (Fsp3) is 0.867. The number of rotatable bonds is 9. The molecule has 0 radical (unpaired) electrons. The van der Waals surface area contributed by atoms with Gasteiger partial charge in [0.2, 0.25) is 15.9 Å². The van der Waals surface area contributed by atoms with Crippen molar-refractivity contribution in [2.24, 2.45) is 5.92 Å². The number of aliphatic carboxylic acids is 1. The van der Waals surface area contributed by atoms with Crippen molar-refractivity contribution >= 4 is 21.9 Å². The zero-order valence-corrected chi connectivity index (χ0v) is 14.9. The number of carbonyl (C=O) groups is 2. The van der Waals surface area contributed by atoms with Gasteiger partial charge < -0.3 is 10.4 Å². The van der Waals surface area contributed by atoms with Crippen molar-refractivity contribution in [3.05, 3.63) is 0 Å². The summed E-state index contributed by atoms with van der Waals surface area (Å²) in [4.78, 5) is 23.7. The third kappa shape index (κ3) is 5.76. The first kappa shape index (κ1) is 19.9. The van der Waals surface area contributed by atoms with Crippen LogP contribution in [0.1, 0.15) is 52.9 Å². The molecule has 0 bridgehead atoms. The number of carboxylic acid groups (broad SMARTS) is 1. The van der Waals surface area contributed by atoms with Crippen molar-refractivity contribution in [1.29, 1.82) is 0 Å². The van der Waals surface area contributed by atoms with Gasteiger partial charge in [0.1, 0.15) is 12.1 Å². The van der Waals surface area contributed by atoms with E-state index in [0.717, 1.165) is 6.42 Å². The Bertz CT molecular complexity index is 518. The van der Waals surface area contributed by atoms with E-state index in [2.05, 4.69) is 5.32 Å². The molecule has 134 valence electrons. The maximum atomic E-state index is 12.4. The average Bonchev–Trinajstić information content (AvgIpc) is 2.94. The van der Waals surface area contributed by atoms with Crippen LogP contribution in [0.25, 0.3) is 0 Å². The molecule has 1 rings (SSSR count). The summed E-state index contributed by atoms with van der Waals surface area (Å²) >= 11 is 0. The highest BCUT2D eigenvalue weighted by Gasteiger charge is 2.39. The van der Waals surface area contributed by atoms with Crippen molar-refractivity contribution in [2.75, 3.05) is 12.3 Å². The number of hydrogen-bond donors (Lipinski definition) is 2. The molecule has 0 aliphatic carbocycles. The molecule has 2 N–H and O–H groups in total. The van der Waals surface area contributed by atoms with Gasteiger partial charge in [0.05, 0.1) is 5.75 Å². The van der Waals surface area contributed by atoms with Crippen LogP contribution in [-0.2, 0) is 19.6 Å². The Morgan fingerprint density at radius 1 is 1.35 bits per heavy atom. The molecule has 0 aromatic carbocycles. The van der Waals surface area contributed by atoms with Crippen LogP contribution in [0, 0.1) is 5.92 Å². The molecule has 1 heterocycles. The third-order valence-electron chi connectivity index (χ3n) is 3.94. The van der Waals surface area contributed by atoms with Gasteiger partial charge in [-0.25, -0.2) is 13.2 Å². The number of hydrogen-bond acceptors (Lipinski definition) is 4. The molecule has 1 unspecified atom stereocenters. The molecule has 23 heavy (non-hydrogen) atoms. The molecule has 0 aromatic rings. The van der Waals surface area contributed by atoms with Crippen molar-refractivity contribution in [3.63, 3.8) is 0 Å². The molecule has 1 aliphatic rings. The summed E-state index contributed by atoms with van der Waals surface area (Å²) in [5.41, 5.74) is 0. The topological polar surface area (TPSA) is 104 Å². The van der Waals surface area contributed by atoms with E-state index in [1.54, 1.807) is 0 Å². The quantitative estimate of drug-likeness (QED) is 0.651. The lowest BCUT2D eigenvalue weighted by Gasteiger charge is -2.25. The minimum atomic E-state index is -3.47. The Kier molecular flexibility index (Phi) is 7.47. The van der Waals surface area contributed by atoms with E-state index in [1.165, 1.54) is 4.31 Å². The fourth-order valence-corrected chi connectivity index (χ4v) is 4.62. The first-order chi connectivity index (χ1) is 10.7. The highest BCUT2D eigenvalue weighted by Crippen LogP contribution is 2.22. The Labute approximate surface area is 138 Å². The predicted octanol–water partition coefficient (Wildman–Crippen LogP) is 1.20. The van der Waals surface area contributed by atoms with Crippen LogP contribution in [0.2, 0.25) is 0 Å². The van der Waals surface area contributed by atoms with E-state index >= 15 is 0 Å². The molecular formula is C15H28N2O5S. The summed E-state index contributed by atoms with van der Waals surface area (Å²) < 4.78 is 25.9. The normalized spacial score (nSPS) is 20.6. The predicted molar refractivity (Wildman–Crippen MR) is 87.4 cm³/mol. The van der Waals surface area contributed by atoms with Gasteiger partial charge in [-0.05, 0) is 31.6 Å². The summed E-state index contributed by atoms with van der Waals surface area (Å²) in [5, 5.41) is 11.7. The number of nitrogens with one attached hydrogen (secondary N) is 1. The molecule has 0 spiro atoms. The molecule has 1 fully saturated rings. The van der Waals surface area contributed by atoms with Crippen molar-refractivity contribution in [2.45, 2.75) is 65.0 Å². The molecule has 7 nitrogen and oxygen atoms in total. The SMILES string of the molecule is CCCCS(=O)(=O)N1CCCC1C(=O)N[C@H](CC(C)C)C(=O)O. The largest absolute Gasteiger partial charge is 0.480 e. The van der Waals surface area contributed by atoms with E-state index in [1.807, 2.05) is 20.8 Å². The van der Waals surface area contributed by atoms with Crippen LogP contribution in [0.5, 0.6) is 0 Å². The van der Waals surface area contributed by atoms with Gasteiger partial charge in [0.15, 0.2) is 0 Å². The van der Waals surface area contributed by atoms with Gasteiger partial charge in [0.25, 0.3) is 0 Å². The second-order valence-electron chi connectivity index (χ2n) is 6.47. The Balaban J connectivity index is 2.79. The molecule has 0 saturated carbocycles.